The summed E-state index contributed by atoms with van der Waals surface area (Å²) in [7, 11) is 0. The number of benzene rings is 3. The molecule has 0 atom stereocenters. The lowest BCUT2D eigenvalue weighted by Gasteiger charge is -2.12. The minimum Gasteiger partial charge on any atom is -0.370 e. The summed E-state index contributed by atoms with van der Waals surface area (Å²) < 4.78 is 0. The number of amides is 2. The van der Waals surface area contributed by atoms with Gasteiger partial charge in [-0.1, -0.05) is 11.6 Å². The molecule has 212 valence electrons. The van der Waals surface area contributed by atoms with E-state index in [2.05, 4.69) is 31.3 Å². The summed E-state index contributed by atoms with van der Waals surface area (Å²) in [5, 5.41) is 12.4. The van der Waals surface area contributed by atoms with Crippen molar-refractivity contribution in [2.45, 2.75) is 27.7 Å². The quantitative estimate of drug-likeness (QED) is 0.173. The zero-order valence-corrected chi connectivity index (χ0v) is 24.7. The fourth-order valence-electron chi connectivity index (χ4n) is 3.81. The molecule has 0 saturated carbocycles. The summed E-state index contributed by atoms with van der Waals surface area (Å²) in [6, 6.07) is 19.5. The molecule has 0 aliphatic carbocycles. The monoisotopic (exact) mass is 582 g/mol. The SMILES string of the molecule is CCN=C(NCC)c1ccc(NC(=O)c2ccc(C(=O)Nc3ccc(C(=NCC)NCC)cc3)c(Cl)c2)cc1.Cl. The van der Waals surface area contributed by atoms with Gasteiger partial charge in [0.2, 0.25) is 0 Å². The number of nitrogens with zero attached hydrogens (tertiary/aromatic N) is 2. The van der Waals surface area contributed by atoms with Gasteiger partial charge in [-0.3, -0.25) is 19.6 Å². The molecule has 40 heavy (non-hydrogen) atoms. The maximum absolute atomic E-state index is 12.9. The molecule has 0 bridgehead atoms. The van der Waals surface area contributed by atoms with Crippen molar-refractivity contribution < 1.29 is 9.59 Å². The van der Waals surface area contributed by atoms with E-state index in [0.717, 1.165) is 35.9 Å². The molecule has 8 nitrogen and oxygen atoms in total. The van der Waals surface area contributed by atoms with Crippen molar-refractivity contribution in [2.75, 3.05) is 36.8 Å². The van der Waals surface area contributed by atoms with E-state index in [4.69, 9.17) is 11.6 Å². The highest BCUT2D eigenvalue weighted by Gasteiger charge is 2.15. The molecule has 0 aromatic heterocycles. The van der Waals surface area contributed by atoms with Crippen LogP contribution in [0.4, 0.5) is 11.4 Å². The summed E-state index contributed by atoms with van der Waals surface area (Å²) in [5.74, 6) is 0.939. The highest BCUT2D eigenvalue weighted by atomic mass is 35.5. The molecule has 0 aliphatic heterocycles. The molecule has 0 aliphatic rings. The first-order valence-electron chi connectivity index (χ1n) is 13.1. The normalized spacial score (nSPS) is 11.3. The molecule has 4 N–H and O–H groups in total. The number of halogens is 2. The second-order valence-electron chi connectivity index (χ2n) is 8.46. The van der Waals surface area contributed by atoms with E-state index >= 15 is 0 Å². The van der Waals surface area contributed by atoms with Crippen molar-refractivity contribution in [3.8, 4) is 0 Å². The van der Waals surface area contributed by atoms with Crippen LogP contribution in [0.3, 0.4) is 0 Å². The molecular weight excluding hydrogens is 547 g/mol. The van der Waals surface area contributed by atoms with E-state index in [1.54, 1.807) is 12.1 Å². The van der Waals surface area contributed by atoms with E-state index in [-0.39, 0.29) is 34.8 Å². The molecule has 0 fully saturated rings. The van der Waals surface area contributed by atoms with Crippen LogP contribution in [0.2, 0.25) is 5.02 Å². The van der Waals surface area contributed by atoms with E-state index in [1.807, 2.05) is 76.2 Å². The van der Waals surface area contributed by atoms with E-state index in [9.17, 15) is 9.59 Å². The second-order valence-corrected chi connectivity index (χ2v) is 8.87. The maximum Gasteiger partial charge on any atom is 0.257 e. The summed E-state index contributed by atoms with van der Waals surface area (Å²) in [6.07, 6.45) is 0. The van der Waals surface area contributed by atoms with Crippen LogP contribution in [0.25, 0.3) is 0 Å². The van der Waals surface area contributed by atoms with Crippen LogP contribution in [0.1, 0.15) is 59.5 Å². The molecule has 0 heterocycles. The molecule has 0 unspecified atom stereocenters. The Morgan fingerprint density at radius 2 is 1.07 bits per heavy atom. The molecule has 0 spiro atoms. The zero-order chi connectivity index (χ0) is 28.2. The summed E-state index contributed by atoms with van der Waals surface area (Å²) in [6.45, 7) is 10.9. The average Bonchev–Trinajstić information content (AvgIpc) is 2.93. The lowest BCUT2D eigenvalue weighted by atomic mass is 10.1. The average molecular weight is 584 g/mol. The lowest BCUT2D eigenvalue weighted by Crippen LogP contribution is -2.24. The molecule has 0 saturated heterocycles. The number of hydrogen-bond acceptors (Lipinski definition) is 4. The van der Waals surface area contributed by atoms with Gasteiger partial charge in [-0.05, 0) is 94.4 Å². The van der Waals surface area contributed by atoms with Crippen LogP contribution in [0.5, 0.6) is 0 Å². The van der Waals surface area contributed by atoms with Gasteiger partial charge in [-0.15, -0.1) is 12.4 Å². The number of anilines is 2. The van der Waals surface area contributed by atoms with Gasteiger partial charge in [-0.2, -0.15) is 0 Å². The molecular formula is C30H36Cl2N6O2. The van der Waals surface area contributed by atoms with Crippen molar-refractivity contribution in [3.05, 3.63) is 94.0 Å². The van der Waals surface area contributed by atoms with Crippen molar-refractivity contribution in [2.24, 2.45) is 9.98 Å². The van der Waals surface area contributed by atoms with Gasteiger partial charge in [0.15, 0.2) is 0 Å². The Kier molecular flexibility index (Phi) is 13.2. The van der Waals surface area contributed by atoms with Crippen molar-refractivity contribution in [1.82, 2.24) is 10.6 Å². The Morgan fingerprint density at radius 1 is 0.650 bits per heavy atom. The number of amidine groups is 2. The predicted octanol–water partition coefficient (Wildman–Crippen LogP) is 6.02. The fourth-order valence-corrected chi connectivity index (χ4v) is 4.08. The molecule has 3 rings (SSSR count). The van der Waals surface area contributed by atoms with Gasteiger partial charge >= 0.3 is 0 Å². The van der Waals surface area contributed by atoms with Gasteiger partial charge in [0, 0.05) is 54.2 Å². The minimum absolute atomic E-state index is 0. The third-order valence-electron chi connectivity index (χ3n) is 5.63. The van der Waals surface area contributed by atoms with Crippen LogP contribution in [-0.4, -0.2) is 49.7 Å². The number of carbonyl (C=O) groups excluding carboxylic acids is 2. The Labute approximate surface area is 247 Å². The predicted molar refractivity (Wildman–Crippen MR) is 169 cm³/mol. The van der Waals surface area contributed by atoms with E-state index in [0.29, 0.717) is 30.0 Å². The summed E-state index contributed by atoms with van der Waals surface area (Å²) in [4.78, 5) is 34.6. The third kappa shape index (κ3) is 8.83. The molecule has 3 aromatic rings. The standard InChI is InChI=1S/C30H35ClN6O2.ClH/c1-5-32-27(33-6-2)20-9-14-23(15-10-20)36-29(38)22-13-18-25(26(31)19-22)30(39)37-24-16-11-21(12-17-24)28(34-7-3)35-8-4;/h9-19H,5-8H2,1-4H3,(H,32,33)(H,34,35)(H,36,38)(H,37,39);1H. The van der Waals surface area contributed by atoms with Gasteiger partial charge in [-0.25, -0.2) is 0 Å². The van der Waals surface area contributed by atoms with Crippen LogP contribution >= 0.6 is 24.0 Å². The number of hydrogen-bond donors (Lipinski definition) is 4. The van der Waals surface area contributed by atoms with Crippen molar-refractivity contribution >= 4 is 58.9 Å². The van der Waals surface area contributed by atoms with Gasteiger partial charge < -0.3 is 21.3 Å². The van der Waals surface area contributed by atoms with Crippen LogP contribution in [0.15, 0.2) is 76.7 Å². The molecule has 3 aromatic carbocycles. The third-order valence-corrected chi connectivity index (χ3v) is 5.94. The largest absolute Gasteiger partial charge is 0.370 e. The minimum atomic E-state index is -0.366. The first kappa shape index (κ1) is 32.3. The number of rotatable bonds is 10. The Morgan fingerprint density at radius 3 is 1.48 bits per heavy atom. The highest BCUT2D eigenvalue weighted by molar-refractivity contribution is 6.35. The first-order chi connectivity index (χ1) is 18.9. The Hall–Kier alpha value is -3.88. The van der Waals surface area contributed by atoms with Gasteiger partial charge in [0.25, 0.3) is 11.8 Å². The van der Waals surface area contributed by atoms with E-state index in [1.165, 1.54) is 6.07 Å². The topological polar surface area (TPSA) is 107 Å². The molecule has 2 amide bonds. The summed E-state index contributed by atoms with van der Waals surface area (Å²) in [5.41, 5.74) is 3.76. The smallest absolute Gasteiger partial charge is 0.257 e. The van der Waals surface area contributed by atoms with Crippen molar-refractivity contribution in [1.29, 1.82) is 0 Å². The van der Waals surface area contributed by atoms with Crippen molar-refractivity contribution in [3.63, 3.8) is 0 Å². The lowest BCUT2D eigenvalue weighted by molar-refractivity contribution is 0.101. The highest BCUT2D eigenvalue weighted by Crippen LogP contribution is 2.21. The number of aliphatic imine (C=N–C) groups is 2. The van der Waals surface area contributed by atoms with Gasteiger partial charge in [0.1, 0.15) is 11.7 Å². The van der Waals surface area contributed by atoms with E-state index < -0.39 is 0 Å². The van der Waals surface area contributed by atoms with Crippen LogP contribution in [0, 0.1) is 0 Å². The molecule has 0 radical (unpaired) electrons. The summed E-state index contributed by atoms with van der Waals surface area (Å²) >= 11 is 6.40. The first-order valence-corrected chi connectivity index (χ1v) is 13.5. The fraction of sp³-hybridized carbons (Fsp3) is 0.267. The maximum atomic E-state index is 12.9. The van der Waals surface area contributed by atoms with Crippen LogP contribution in [-0.2, 0) is 0 Å². The second kappa shape index (κ2) is 16.3. The Bertz CT molecular complexity index is 1340. The van der Waals surface area contributed by atoms with Gasteiger partial charge in [0.05, 0.1) is 10.6 Å². The number of carbonyl (C=O) groups is 2. The number of nitrogens with one attached hydrogen (secondary N) is 4. The zero-order valence-electron chi connectivity index (χ0n) is 23.2. The Balaban J connectivity index is 0.00000560. The molecule has 10 heteroatoms. The van der Waals surface area contributed by atoms with Crippen LogP contribution < -0.4 is 21.3 Å².